The molecule has 0 fully saturated rings. The average Bonchev–Trinajstić information content (AvgIpc) is 3.10. The third-order valence-corrected chi connectivity index (χ3v) is 3.79. The predicted octanol–water partition coefficient (Wildman–Crippen LogP) is 0.504. The van der Waals surface area contributed by atoms with E-state index in [0.717, 1.165) is 10.5 Å². The number of alkyl halides is 2. The molecule has 1 N–H and O–H groups in total. The van der Waals surface area contributed by atoms with E-state index >= 15 is 0 Å². The number of ether oxygens (including phenoxy) is 2. The Morgan fingerprint density at radius 3 is 3.00 bits per heavy atom. The number of carbonyl (C=O) groups is 1. The molecule has 136 valence electrons. The van der Waals surface area contributed by atoms with Gasteiger partial charge in [-0.3, -0.25) is 4.79 Å². The van der Waals surface area contributed by atoms with E-state index in [-0.39, 0.29) is 17.6 Å². The molecule has 1 amide bonds. The van der Waals surface area contributed by atoms with Gasteiger partial charge in [0.2, 0.25) is 5.88 Å². The highest BCUT2D eigenvalue weighted by Crippen LogP contribution is 2.17. The van der Waals surface area contributed by atoms with Gasteiger partial charge in [0.15, 0.2) is 11.5 Å². The number of hydrogen-bond acceptors (Lipinski definition) is 6. The molecule has 3 heterocycles. The van der Waals surface area contributed by atoms with Crippen molar-refractivity contribution in [1.82, 2.24) is 29.9 Å². The molecule has 1 aliphatic heterocycles. The SMILES string of the molecule is COCc1nc2n(n1)CC(NC(=O)c1cc(OC(F)F)n(C)n1)CC2. The average molecular weight is 356 g/mol. The number of halogens is 2. The largest absolute Gasteiger partial charge is 0.417 e. The zero-order valence-corrected chi connectivity index (χ0v) is 13.8. The van der Waals surface area contributed by atoms with Crippen LogP contribution >= 0.6 is 0 Å². The number of carbonyl (C=O) groups excluding carboxylic acids is 1. The molecule has 11 heteroatoms. The van der Waals surface area contributed by atoms with Gasteiger partial charge < -0.3 is 14.8 Å². The number of nitrogens with zero attached hydrogens (tertiary/aromatic N) is 5. The summed E-state index contributed by atoms with van der Waals surface area (Å²) in [5.41, 5.74) is 0.0163. The second kappa shape index (κ2) is 7.13. The summed E-state index contributed by atoms with van der Waals surface area (Å²) in [5.74, 6) is 0.822. The highest BCUT2D eigenvalue weighted by atomic mass is 19.3. The topological polar surface area (TPSA) is 96.1 Å². The summed E-state index contributed by atoms with van der Waals surface area (Å²) >= 11 is 0. The zero-order chi connectivity index (χ0) is 18.0. The smallest absolute Gasteiger partial charge is 0.388 e. The van der Waals surface area contributed by atoms with Crippen LogP contribution in [0, 0.1) is 0 Å². The number of nitrogens with one attached hydrogen (secondary N) is 1. The Morgan fingerprint density at radius 2 is 2.28 bits per heavy atom. The molecule has 25 heavy (non-hydrogen) atoms. The minimum Gasteiger partial charge on any atom is -0.417 e. The Labute approximate surface area is 141 Å². The van der Waals surface area contributed by atoms with Crippen molar-refractivity contribution in [2.24, 2.45) is 7.05 Å². The van der Waals surface area contributed by atoms with Gasteiger partial charge in [-0.1, -0.05) is 0 Å². The number of aryl methyl sites for hydroxylation is 2. The Bertz CT molecular complexity index is 760. The summed E-state index contributed by atoms with van der Waals surface area (Å²) in [6.07, 6.45) is 1.37. The molecule has 0 aliphatic carbocycles. The number of aromatic nitrogens is 5. The lowest BCUT2D eigenvalue weighted by Crippen LogP contribution is -2.41. The molecule has 0 saturated carbocycles. The van der Waals surface area contributed by atoms with E-state index in [1.165, 1.54) is 13.1 Å². The molecule has 2 aromatic rings. The van der Waals surface area contributed by atoms with Crippen LogP contribution in [0.3, 0.4) is 0 Å². The van der Waals surface area contributed by atoms with Crippen LogP contribution in [0.15, 0.2) is 6.07 Å². The van der Waals surface area contributed by atoms with E-state index in [0.29, 0.717) is 31.8 Å². The number of hydrogen-bond donors (Lipinski definition) is 1. The van der Waals surface area contributed by atoms with Crippen molar-refractivity contribution < 1.29 is 23.0 Å². The third-order valence-electron chi connectivity index (χ3n) is 3.79. The first-order valence-corrected chi connectivity index (χ1v) is 7.67. The van der Waals surface area contributed by atoms with E-state index in [1.54, 1.807) is 11.8 Å². The molecule has 9 nitrogen and oxygen atoms in total. The number of rotatable bonds is 6. The molecule has 1 atom stereocenters. The summed E-state index contributed by atoms with van der Waals surface area (Å²) in [5, 5.41) is 11.1. The molecule has 1 unspecified atom stereocenters. The first-order chi connectivity index (χ1) is 12.0. The van der Waals surface area contributed by atoms with Crippen LogP contribution in [0.1, 0.15) is 28.6 Å². The van der Waals surface area contributed by atoms with Crippen molar-refractivity contribution in [1.29, 1.82) is 0 Å². The normalized spacial score (nSPS) is 16.8. The highest BCUT2D eigenvalue weighted by molar-refractivity contribution is 5.92. The Kier molecular flexibility index (Phi) is 4.93. The van der Waals surface area contributed by atoms with Gasteiger partial charge in [-0.15, -0.1) is 0 Å². The highest BCUT2D eigenvalue weighted by Gasteiger charge is 2.25. The van der Waals surface area contributed by atoms with Crippen molar-refractivity contribution in [3.8, 4) is 5.88 Å². The zero-order valence-electron chi connectivity index (χ0n) is 13.8. The monoisotopic (exact) mass is 356 g/mol. The first kappa shape index (κ1) is 17.3. The van der Waals surface area contributed by atoms with E-state index in [4.69, 9.17) is 4.74 Å². The van der Waals surface area contributed by atoms with Crippen LogP contribution in [0.4, 0.5) is 8.78 Å². The predicted molar refractivity (Wildman–Crippen MR) is 80.2 cm³/mol. The first-order valence-electron chi connectivity index (χ1n) is 7.67. The molecular weight excluding hydrogens is 338 g/mol. The number of amides is 1. The maximum Gasteiger partial charge on any atom is 0.388 e. The van der Waals surface area contributed by atoms with Crippen molar-refractivity contribution in [3.63, 3.8) is 0 Å². The van der Waals surface area contributed by atoms with Crippen LogP contribution in [0.5, 0.6) is 5.88 Å². The standard InChI is InChI=1S/C14H18F2N6O3/c1-21-12(25-14(15)16)5-9(19-21)13(23)17-8-3-4-11-18-10(7-24-2)20-22(11)6-8/h5,8,14H,3-4,6-7H2,1-2H3,(H,17,23). The molecule has 0 radical (unpaired) electrons. The molecule has 2 aromatic heterocycles. The summed E-state index contributed by atoms with van der Waals surface area (Å²) in [6.45, 7) is -2.17. The van der Waals surface area contributed by atoms with Gasteiger partial charge in [0.05, 0.1) is 6.54 Å². The fourth-order valence-corrected chi connectivity index (χ4v) is 2.69. The van der Waals surface area contributed by atoms with Crippen molar-refractivity contribution in [2.75, 3.05) is 7.11 Å². The second-order valence-corrected chi connectivity index (χ2v) is 5.64. The maximum absolute atomic E-state index is 12.3. The van der Waals surface area contributed by atoms with Crippen LogP contribution < -0.4 is 10.1 Å². The molecule has 0 spiro atoms. The quantitative estimate of drug-likeness (QED) is 0.810. The molecule has 3 rings (SSSR count). The molecule has 1 aliphatic rings. The van der Waals surface area contributed by atoms with Crippen LogP contribution in [0.2, 0.25) is 0 Å². The van der Waals surface area contributed by atoms with Crippen LogP contribution in [0.25, 0.3) is 0 Å². The number of fused-ring (bicyclic) bond motifs is 1. The lowest BCUT2D eigenvalue weighted by Gasteiger charge is -2.23. The van der Waals surface area contributed by atoms with Gasteiger partial charge in [0.25, 0.3) is 5.91 Å². The lowest BCUT2D eigenvalue weighted by molar-refractivity contribution is -0.0553. The van der Waals surface area contributed by atoms with Gasteiger partial charge in [0, 0.05) is 32.7 Å². The van der Waals surface area contributed by atoms with E-state index in [9.17, 15) is 13.6 Å². The molecule has 0 aromatic carbocycles. The fraction of sp³-hybridized carbons (Fsp3) is 0.571. The van der Waals surface area contributed by atoms with E-state index in [1.807, 2.05) is 0 Å². The Hall–Kier alpha value is -2.56. The van der Waals surface area contributed by atoms with E-state index in [2.05, 4.69) is 25.2 Å². The molecule has 0 bridgehead atoms. The summed E-state index contributed by atoms with van der Waals surface area (Å²) in [6, 6.07) is 1.03. The van der Waals surface area contributed by atoms with Gasteiger partial charge in [-0.2, -0.15) is 19.0 Å². The van der Waals surface area contributed by atoms with Crippen molar-refractivity contribution >= 4 is 5.91 Å². The second-order valence-electron chi connectivity index (χ2n) is 5.64. The van der Waals surface area contributed by atoms with E-state index < -0.39 is 12.5 Å². The Morgan fingerprint density at radius 1 is 1.48 bits per heavy atom. The summed E-state index contributed by atoms with van der Waals surface area (Å²) < 4.78 is 36.7. The Balaban J connectivity index is 1.63. The lowest BCUT2D eigenvalue weighted by atomic mass is 10.1. The minimum atomic E-state index is -2.98. The number of methoxy groups -OCH3 is 1. The molecule has 0 saturated heterocycles. The maximum atomic E-state index is 12.3. The summed E-state index contributed by atoms with van der Waals surface area (Å²) in [7, 11) is 3.00. The minimum absolute atomic E-state index is 0.0163. The van der Waals surface area contributed by atoms with Gasteiger partial charge in [-0.05, 0) is 6.42 Å². The van der Waals surface area contributed by atoms with Crippen LogP contribution in [-0.4, -0.2) is 50.2 Å². The van der Waals surface area contributed by atoms with Crippen LogP contribution in [-0.2, 0) is 31.4 Å². The third kappa shape index (κ3) is 3.92. The van der Waals surface area contributed by atoms with Gasteiger partial charge in [0.1, 0.15) is 12.4 Å². The van der Waals surface area contributed by atoms with Gasteiger partial charge in [-0.25, -0.2) is 14.3 Å². The van der Waals surface area contributed by atoms with Crippen molar-refractivity contribution in [2.45, 2.75) is 38.6 Å². The fourth-order valence-electron chi connectivity index (χ4n) is 2.69. The molecular formula is C14H18F2N6O3. The van der Waals surface area contributed by atoms with Gasteiger partial charge >= 0.3 is 6.61 Å². The summed E-state index contributed by atoms with van der Waals surface area (Å²) in [4.78, 5) is 16.7. The van der Waals surface area contributed by atoms with Crippen molar-refractivity contribution in [3.05, 3.63) is 23.4 Å².